The molecule has 1 aromatic carbocycles. The number of aliphatic hydroxyl groups is 2. The van der Waals surface area contributed by atoms with Gasteiger partial charge in [0, 0.05) is 12.1 Å². The number of rotatable bonds is 5. The van der Waals surface area contributed by atoms with Gasteiger partial charge in [-0.15, -0.1) is 13.2 Å². The van der Waals surface area contributed by atoms with Crippen molar-refractivity contribution in [3.8, 4) is 11.4 Å². The van der Waals surface area contributed by atoms with E-state index in [0.717, 1.165) is 36.0 Å². The van der Waals surface area contributed by atoms with Crippen LogP contribution in [0.4, 0.5) is 18.9 Å². The minimum absolute atomic E-state index is 0.289. The molecule has 2 aromatic heterocycles. The molecular formula is C21H21F3N4O3. The third-order valence-corrected chi connectivity index (χ3v) is 5.99. The molecule has 31 heavy (non-hydrogen) atoms. The molecule has 1 saturated heterocycles. The molecule has 3 heterocycles. The van der Waals surface area contributed by atoms with E-state index in [0.29, 0.717) is 24.4 Å². The van der Waals surface area contributed by atoms with E-state index >= 15 is 0 Å². The van der Waals surface area contributed by atoms with Crippen molar-refractivity contribution in [2.24, 2.45) is 0 Å². The van der Waals surface area contributed by atoms with Gasteiger partial charge in [-0.05, 0) is 43.2 Å². The number of halogens is 3. The predicted octanol–water partition coefficient (Wildman–Crippen LogP) is 3.13. The second-order valence-electron chi connectivity index (χ2n) is 8.23. The third kappa shape index (κ3) is 3.59. The average Bonchev–Trinajstić information content (AvgIpc) is 3.03. The maximum atomic E-state index is 12.5. The Bertz CT molecular complexity index is 1100. The highest BCUT2D eigenvalue weighted by molar-refractivity contribution is 5.94. The Morgan fingerprint density at radius 3 is 2.42 bits per heavy atom. The maximum absolute atomic E-state index is 12.5. The van der Waals surface area contributed by atoms with E-state index in [1.807, 2.05) is 11.0 Å². The second kappa shape index (κ2) is 7.10. The molecule has 0 radical (unpaired) electrons. The molecular weight excluding hydrogens is 413 g/mol. The molecule has 10 heteroatoms. The maximum Gasteiger partial charge on any atom is 0.573 e. The van der Waals surface area contributed by atoms with Crippen molar-refractivity contribution >= 4 is 16.7 Å². The Hall–Kier alpha value is -2.85. The smallest absolute Gasteiger partial charge is 0.406 e. The van der Waals surface area contributed by atoms with Gasteiger partial charge >= 0.3 is 6.36 Å². The SMILES string of the molecule is OCC1(O)CN(c2ccnc3c2c(C2CCC2)nn3-c2ccc(OC(F)(F)F)cc2)C1. The van der Waals surface area contributed by atoms with Crippen LogP contribution in [-0.2, 0) is 0 Å². The summed E-state index contributed by atoms with van der Waals surface area (Å²) < 4.78 is 43.0. The van der Waals surface area contributed by atoms with Crippen molar-refractivity contribution in [2.75, 3.05) is 24.6 Å². The quantitative estimate of drug-likeness (QED) is 0.642. The van der Waals surface area contributed by atoms with Gasteiger partial charge in [0.25, 0.3) is 0 Å². The van der Waals surface area contributed by atoms with Crippen molar-refractivity contribution < 1.29 is 28.1 Å². The molecule has 0 spiro atoms. The number of nitrogens with zero attached hydrogens (tertiary/aromatic N) is 4. The number of aromatic nitrogens is 3. The van der Waals surface area contributed by atoms with Gasteiger partial charge in [-0.2, -0.15) is 5.10 Å². The number of β-amino-alcohol motifs (C(OH)–C–C–N with tert-alkyl or cyclic N) is 1. The number of pyridine rings is 1. The number of fused-ring (bicyclic) bond motifs is 1. The summed E-state index contributed by atoms with van der Waals surface area (Å²) in [7, 11) is 0. The summed E-state index contributed by atoms with van der Waals surface area (Å²) >= 11 is 0. The Kier molecular flexibility index (Phi) is 4.60. The van der Waals surface area contributed by atoms with Crippen molar-refractivity contribution in [1.82, 2.24) is 14.8 Å². The molecule has 3 aromatic rings. The van der Waals surface area contributed by atoms with E-state index in [-0.39, 0.29) is 18.3 Å². The fraction of sp³-hybridized carbons (Fsp3) is 0.429. The van der Waals surface area contributed by atoms with E-state index in [1.54, 1.807) is 10.9 Å². The van der Waals surface area contributed by atoms with Gasteiger partial charge < -0.3 is 19.8 Å². The van der Waals surface area contributed by atoms with Gasteiger partial charge in [0.05, 0.1) is 42.2 Å². The Labute approximate surface area is 175 Å². The summed E-state index contributed by atoms with van der Waals surface area (Å²) in [6, 6.07) is 7.40. The largest absolute Gasteiger partial charge is 0.573 e. The zero-order valence-electron chi connectivity index (χ0n) is 16.5. The lowest BCUT2D eigenvalue weighted by atomic mass is 9.81. The second-order valence-corrected chi connectivity index (χ2v) is 8.23. The van der Waals surface area contributed by atoms with Crippen molar-refractivity contribution in [2.45, 2.75) is 37.1 Å². The molecule has 0 unspecified atom stereocenters. The lowest BCUT2D eigenvalue weighted by Gasteiger charge is -2.47. The number of hydrogen-bond acceptors (Lipinski definition) is 6. The van der Waals surface area contributed by atoms with Crippen LogP contribution < -0.4 is 9.64 Å². The third-order valence-electron chi connectivity index (χ3n) is 5.99. The molecule has 2 aliphatic rings. The first-order valence-electron chi connectivity index (χ1n) is 10.1. The summed E-state index contributed by atoms with van der Waals surface area (Å²) in [4.78, 5) is 6.49. The first-order valence-corrected chi connectivity index (χ1v) is 10.1. The molecule has 2 N–H and O–H groups in total. The fourth-order valence-corrected chi connectivity index (χ4v) is 4.19. The van der Waals surface area contributed by atoms with Gasteiger partial charge in [0.1, 0.15) is 11.4 Å². The number of benzene rings is 1. The molecule has 164 valence electrons. The van der Waals surface area contributed by atoms with E-state index in [1.165, 1.54) is 24.3 Å². The molecule has 7 nitrogen and oxygen atoms in total. The van der Waals surface area contributed by atoms with Crippen LogP contribution in [0, 0.1) is 0 Å². The van der Waals surface area contributed by atoms with Crippen LogP contribution in [0.15, 0.2) is 36.5 Å². The van der Waals surface area contributed by atoms with Crippen molar-refractivity contribution in [3.63, 3.8) is 0 Å². The standard InChI is InChI=1S/C21H21F3N4O3/c22-21(23,24)31-15-6-4-14(5-7-15)28-19-17(18(26-28)13-2-1-3-13)16(8-9-25-19)27-10-20(30,11-27)12-29/h4-9,13,29-30H,1-3,10-12H2. The number of alkyl halides is 3. The average molecular weight is 434 g/mol. The first kappa shape index (κ1) is 20.1. The highest BCUT2D eigenvalue weighted by Crippen LogP contribution is 2.43. The van der Waals surface area contributed by atoms with Crippen LogP contribution in [-0.4, -0.2) is 56.6 Å². The predicted molar refractivity (Wildman–Crippen MR) is 106 cm³/mol. The van der Waals surface area contributed by atoms with Gasteiger partial charge in [-0.3, -0.25) is 0 Å². The van der Waals surface area contributed by atoms with E-state index in [9.17, 15) is 23.4 Å². The highest BCUT2D eigenvalue weighted by atomic mass is 19.4. The molecule has 2 fully saturated rings. The number of ether oxygens (including phenoxy) is 1. The lowest BCUT2D eigenvalue weighted by molar-refractivity contribution is -0.274. The number of anilines is 1. The van der Waals surface area contributed by atoms with Crippen LogP contribution >= 0.6 is 0 Å². The number of hydrogen-bond donors (Lipinski definition) is 2. The van der Waals surface area contributed by atoms with Gasteiger partial charge in [-0.1, -0.05) is 6.42 Å². The summed E-state index contributed by atoms with van der Waals surface area (Å²) in [5.74, 6) is -0.0121. The van der Waals surface area contributed by atoms with Gasteiger partial charge in [-0.25, -0.2) is 9.67 Å². The van der Waals surface area contributed by atoms with E-state index < -0.39 is 12.0 Å². The molecule has 0 bridgehead atoms. The summed E-state index contributed by atoms with van der Waals surface area (Å²) in [5, 5.41) is 25.3. The Morgan fingerprint density at radius 1 is 1.13 bits per heavy atom. The van der Waals surface area contributed by atoms with Gasteiger partial charge in [0.15, 0.2) is 5.65 Å². The molecule has 1 aliphatic carbocycles. The fourth-order valence-electron chi connectivity index (χ4n) is 4.19. The summed E-state index contributed by atoms with van der Waals surface area (Å²) in [6.07, 6.45) is 0.0458. The molecule has 0 amide bonds. The molecule has 5 rings (SSSR count). The van der Waals surface area contributed by atoms with Crippen LogP contribution in [0.2, 0.25) is 0 Å². The van der Waals surface area contributed by atoms with Crippen molar-refractivity contribution in [1.29, 1.82) is 0 Å². The normalized spacial score (nSPS) is 18.7. The lowest BCUT2D eigenvalue weighted by Crippen LogP contribution is -2.64. The van der Waals surface area contributed by atoms with Crippen LogP contribution in [0.3, 0.4) is 0 Å². The van der Waals surface area contributed by atoms with Gasteiger partial charge in [0.2, 0.25) is 0 Å². The first-order chi connectivity index (χ1) is 14.8. The van der Waals surface area contributed by atoms with Crippen LogP contribution in [0.1, 0.15) is 30.9 Å². The van der Waals surface area contributed by atoms with E-state index in [2.05, 4.69) is 9.72 Å². The highest BCUT2D eigenvalue weighted by Gasteiger charge is 2.42. The number of aliphatic hydroxyl groups excluding tert-OH is 1. The minimum atomic E-state index is -4.75. The Morgan fingerprint density at radius 2 is 1.84 bits per heavy atom. The van der Waals surface area contributed by atoms with E-state index in [4.69, 9.17) is 5.10 Å². The summed E-state index contributed by atoms with van der Waals surface area (Å²) in [5.41, 5.74) is 1.84. The Balaban J connectivity index is 1.56. The zero-order valence-corrected chi connectivity index (χ0v) is 16.5. The van der Waals surface area contributed by atoms with Crippen LogP contribution in [0.25, 0.3) is 16.7 Å². The molecule has 1 aliphatic heterocycles. The van der Waals surface area contributed by atoms with Crippen molar-refractivity contribution in [3.05, 3.63) is 42.2 Å². The van der Waals surface area contributed by atoms with Crippen LogP contribution in [0.5, 0.6) is 5.75 Å². The molecule has 0 atom stereocenters. The molecule has 1 saturated carbocycles. The topological polar surface area (TPSA) is 83.6 Å². The summed E-state index contributed by atoms with van der Waals surface area (Å²) in [6.45, 7) is 0.307. The zero-order chi connectivity index (χ0) is 21.8. The monoisotopic (exact) mass is 434 g/mol. The minimum Gasteiger partial charge on any atom is -0.406 e.